The zero-order valence-corrected chi connectivity index (χ0v) is 8.84. The normalized spacial score (nSPS) is 11.1. The zero-order valence-electron chi connectivity index (χ0n) is 8.84. The number of aryl methyl sites for hydroxylation is 1. The van der Waals surface area contributed by atoms with Gasteiger partial charge in [0.05, 0.1) is 17.2 Å². The fraction of sp³-hybridized carbons (Fsp3) is 0.0769. The molecule has 16 heavy (non-hydrogen) atoms. The van der Waals surface area contributed by atoms with Crippen molar-refractivity contribution in [3.8, 4) is 0 Å². The summed E-state index contributed by atoms with van der Waals surface area (Å²) < 4.78 is 1.62. The third-order valence-corrected chi connectivity index (χ3v) is 2.88. The van der Waals surface area contributed by atoms with Gasteiger partial charge in [-0.2, -0.15) is 0 Å². The van der Waals surface area contributed by atoms with Crippen molar-refractivity contribution >= 4 is 21.8 Å². The van der Waals surface area contributed by atoms with E-state index in [1.165, 1.54) is 6.20 Å². The van der Waals surface area contributed by atoms with E-state index in [0.717, 1.165) is 21.8 Å². The number of fused-ring (bicyclic) bond motifs is 3. The van der Waals surface area contributed by atoms with Crippen LogP contribution in [-0.4, -0.2) is 9.55 Å². The van der Waals surface area contributed by atoms with E-state index in [2.05, 4.69) is 4.98 Å². The number of benzene rings is 2. The van der Waals surface area contributed by atoms with Gasteiger partial charge >= 0.3 is 0 Å². The first kappa shape index (κ1) is 9.09. The standard InChI is InChI=1S/C13H10N2O/c1-15-11-7-6-9-4-2-3-5-10(9)13(11)14-8-12(15)16/h2-8H,1H3. The fourth-order valence-corrected chi connectivity index (χ4v) is 1.98. The average molecular weight is 210 g/mol. The van der Waals surface area contributed by atoms with E-state index in [0.29, 0.717) is 0 Å². The van der Waals surface area contributed by atoms with Crippen LogP contribution in [0.2, 0.25) is 0 Å². The van der Waals surface area contributed by atoms with Crippen LogP contribution in [-0.2, 0) is 7.05 Å². The molecule has 0 atom stereocenters. The molecule has 1 aromatic heterocycles. The summed E-state index contributed by atoms with van der Waals surface area (Å²) in [5, 5.41) is 2.22. The van der Waals surface area contributed by atoms with Gasteiger partial charge in [0.15, 0.2) is 0 Å². The van der Waals surface area contributed by atoms with Crippen LogP contribution in [0.5, 0.6) is 0 Å². The molecule has 0 aliphatic rings. The van der Waals surface area contributed by atoms with Crippen LogP contribution in [0, 0.1) is 0 Å². The van der Waals surface area contributed by atoms with Gasteiger partial charge in [0.1, 0.15) is 0 Å². The summed E-state index contributed by atoms with van der Waals surface area (Å²) in [7, 11) is 1.76. The number of hydrogen-bond donors (Lipinski definition) is 0. The summed E-state index contributed by atoms with van der Waals surface area (Å²) in [5.74, 6) is 0. The Hall–Kier alpha value is -2.16. The molecule has 0 amide bonds. The van der Waals surface area contributed by atoms with E-state index < -0.39 is 0 Å². The van der Waals surface area contributed by atoms with Crippen LogP contribution < -0.4 is 5.56 Å². The van der Waals surface area contributed by atoms with E-state index >= 15 is 0 Å². The van der Waals surface area contributed by atoms with E-state index in [1.54, 1.807) is 11.6 Å². The largest absolute Gasteiger partial charge is 0.309 e. The van der Waals surface area contributed by atoms with Crippen molar-refractivity contribution < 1.29 is 0 Å². The maximum Gasteiger partial charge on any atom is 0.269 e. The highest BCUT2D eigenvalue weighted by molar-refractivity contribution is 6.03. The molecule has 3 heteroatoms. The predicted molar refractivity (Wildman–Crippen MR) is 64.5 cm³/mol. The minimum atomic E-state index is -0.0808. The Morgan fingerprint density at radius 2 is 1.94 bits per heavy atom. The van der Waals surface area contributed by atoms with Gasteiger partial charge in [-0.25, -0.2) is 4.98 Å². The van der Waals surface area contributed by atoms with Crippen molar-refractivity contribution in [1.82, 2.24) is 9.55 Å². The smallest absolute Gasteiger partial charge is 0.269 e. The summed E-state index contributed by atoms with van der Waals surface area (Å²) in [6.45, 7) is 0. The fourth-order valence-electron chi connectivity index (χ4n) is 1.98. The first-order valence-corrected chi connectivity index (χ1v) is 5.11. The lowest BCUT2D eigenvalue weighted by Crippen LogP contribution is -2.16. The van der Waals surface area contributed by atoms with E-state index in [-0.39, 0.29) is 5.56 Å². The Labute approximate surface area is 92.0 Å². The number of hydrogen-bond acceptors (Lipinski definition) is 2. The zero-order chi connectivity index (χ0) is 11.1. The Morgan fingerprint density at radius 3 is 2.81 bits per heavy atom. The lowest BCUT2D eigenvalue weighted by molar-refractivity contribution is 0.893. The maximum absolute atomic E-state index is 11.5. The van der Waals surface area contributed by atoms with Crippen molar-refractivity contribution in [1.29, 1.82) is 0 Å². The average Bonchev–Trinajstić information content (AvgIpc) is 2.33. The second kappa shape index (κ2) is 3.17. The van der Waals surface area contributed by atoms with Gasteiger partial charge in [-0.15, -0.1) is 0 Å². The molecule has 2 aromatic carbocycles. The number of rotatable bonds is 0. The molecule has 0 aliphatic carbocycles. The van der Waals surface area contributed by atoms with Crippen molar-refractivity contribution in [2.24, 2.45) is 7.05 Å². The molecule has 0 bridgehead atoms. The van der Waals surface area contributed by atoms with E-state index in [9.17, 15) is 4.79 Å². The van der Waals surface area contributed by atoms with Gasteiger partial charge in [0, 0.05) is 12.4 Å². The van der Waals surface area contributed by atoms with Gasteiger partial charge in [-0.3, -0.25) is 4.79 Å². The molecule has 3 rings (SSSR count). The highest BCUT2D eigenvalue weighted by Crippen LogP contribution is 2.21. The lowest BCUT2D eigenvalue weighted by Gasteiger charge is -2.06. The van der Waals surface area contributed by atoms with Crippen LogP contribution in [0.15, 0.2) is 47.4 Å². The molecule has 0 spiro atoms. The van der Waals surface area contributed by atoms with Crippen LogP contribution in [0.1, 0.15) is 0 Å². The Kier molecular flexibility index (Phi) is 1.80. The molecular weight excluding hydrogens is 200 g/mol. The number of aromatic nitrogens is 2. The molecule has 0 radical (unpaired) electrons. The summed E-state index contributed by atoms with van der Waals surface area (Å²) >= 11 is 0. The van der Waals surface area contributed by atoms with Gasteiger partial charge in [0.25, 0.3) is 5.56 Å². The highest BCUT2D eigenvalue weighted by atomic mass is 16.1. The first-order valence-electron chi connectivity index (χ1n) is 5.11. The van der Waals surface area contributed by atoms with E-state index in [4.69, 9.17) is 0 Å². The summed E-state index contributed by atoms with van der Waals surface area (Å²) in [4.78, 5) is 15.7. The number of nitrogens with zero attached hydrogens (tertiary/aromatic N) is 2. The van der Waals surface area contributed by atoms with Crippen molar-refractivity contribution in [2.45, 2.75) is 0 Å². The highest BCUT2D eigenvalue weighted by Gasteiger charge is 2.04. The molecule has 0 N–H and O–H groups in total. The van der Waals surface area contributed by atoms with Crippen molar-refractivity contribution in [3.05, 3.63) is 52.9 Å². The molecule has 0 saturated carbocycles. The molecule has 0 fully saturated rings. The Balaban J connectivity index is 2.63. The van der Waals surface area contributed by atoms with Crippen LogP contribution in [0.3, 0.4) is 0 Å². The van der Waals surface area contributed by atoms with Gasteiger partial charge in [-0.05, 0) is 11.5 Å². The van der Waals surface area contributed by atoms with Gasteiger partial charge < -0.3 is 4.57 Å². The van der Waals surface area contributed by atoms with Crippen molar-refractivity contribution in [2.75, 3.05) is 0 Å². The molecule has 0 unspecified atom stereocenters. The Morgan fingerprint density at radius 1 is 1.12 bits per heavy atom. The quantitative estimate of drug-likeness (QED) is 0.532. The Bertz CT molecular complexity index is 744. The SMILES string of the molecule is Cn1c(=O)cnc2c3ccccc3ccc21. The molecule has 3 nitrogen and oxygen atoms in total. The van der Waals surface area contributed by atoms with Gasteiger partial charge in [0.2, 0.25) is 0 Å². The topological polar surface area (TPSA) is 34.9 Å². The van der Waals surface area contributed by atoms with Crippen molar-refractivity contribution in [3.63, 3.8) is 0 Å². The monoisotopic (exact) mass is 210 g/mol. The summed E-state index contributed by atoms with van der Waals surface area (Å²) in [6.07, 6.45) is 1.37. The van der Waals surface area contributed by atoms with Crippen LogP contribution in [0.4, 0.5) is 0 Å². The summed E-state index contributed by atoms with van der Waals surface area (Å²) in [6, 6.07) is 12.0. The van der Waals surface area contributed by atoms with Crippen LogP contribution >= 0.6 is 0 Å². The second-order valence-corrected chi connectivity index (χ2v) is 3.81. The minimum absolute atomic E-state index is 0.0808. The lowest BCUT2D eigenvalue weighted by atomic mass is 10.1. The third kappa shape index (κ3) is 1.15. The third-order valence-electron chi connectivity index (χ3n) is 2.88. The van der Waals surface area contributed by atoms with Gasteiger partial charge in [-0.1, -0.05) is 30.3 Å². The molecule has 78 valence electrons. The van der Waals surface area contributed by atoms with Crippen LogP contribution in [0.25, 0.3) is 21.8 Å². The molecular formula is C13H10N2O. The first-order chi connectivity index (χ1) is 7.77. The molecule has 3 aromatic rings. The molecule has 0 saturated heterocycles. The van der Waals surface area contributed by atoms with E-state index in [1.807, 2.05) is 36.4 Å². The maximum atomic E-state index is 11.5. The minimum Gasteiger partial charge on any atom is -0.309 e. The second-order valence-electron chi connectivity index (χ2n) is 3.81. The molecule has 1 heterocycles. The molecule has 0 aliphatic heterocycles. The predicted octanol–water partition coefficient (Wildman–Crippen LogP) is 2.09. The summed E-state index contributed by atoms with van der Waals surface area (Å²) in [5.41, 5.74) is 1.66.